The molecule has 0 bridgehead atoms. The van der Waals surface area contributed by atoms with Crippen molar-refractivity contribution in [3.63, 3.8) is 0 Å². The number of hydrogen-bond donors (Lipinski definition) is 1. The number of hydrogen-bond acceptors (Lipinski definition) is 8. The van der Waals surface area contributed by atoms with Gasteiger partial charge in [-0.05, 0) is 47.9 Å². The maximum absolute atomic E-state index is 13.7. The van der Waals surface area contributed by atoms with Gasteiger partial charge in [-0.1, -0.05) is 43.6 Å². The molecular formula is C29H28BrN3O7. The monoisotopic (exact) mass is 609 g/mol. The summed E-state index contributed by atoms with van der Waals surface area (Å²) in [6.45, 7) is 8.14. The number of benzene rings is 2. The maximum atomic E-state index is 13.7. The SMILES string of the molecule is CC1(C)CC(=O)C2=C(C1)NC1=C(C(=O)CC(C)(C)C1)C2c1cc(Br)ccc1Oc1ccc([N+](=O)[O-])cc1[N+](=O)[O-]. The highest BCUT2D eigenvalue weighted by Gasteiger charge is 2.47. The molecule has 0 radical (unpaired) electrons. The fourth-order valence-electron chi connectivity index (χ4n) is 6.00. The molecule has 0 spiro atoms. The first-order valence-corrected chi connectivity index (χ1v) is 13.6. The van der Waals surface area contributed by atoms with Crippen LogP contribution in [0, 0.1) is 31.1 Å². The Hall–Kier alpha value is -3.86. The lowest BCUT2D eigenvalue weighted by Crippen LogP contribution is -2.42. The molecule has 2 aromatic carbocycles. The van der Waals surface area contributed by atoms with E-state index in [0.717, 1.165) is 23.5 Å². The zero-order valence-corrected chi connectivity index (χ0v) is 24.1. The van der Waals surface area contributed by atoms with Crippen molar-refractivity contribution in [1.29, 1.82) is 0 Å². The van der Waals surface area contributed by atoms with E-state index in [-0.39, 0.29) is 33.9 Å². The number of non-ortho nitro benzene ring substituents is 1. The minimum Gasteiger partial charge on any atom is -0.450 e. The van der Waals surface area contributed by atoms with Gasteiger partial charge in [0.15, 0.2) is 11.6 Å². The summed E-state index contributed by atoms with van der Waals surface area (Å²) in [6, 6.07) is 8.23. The quantitative estimate of drug-likeness (QED) is 0.281. The summed E-state index contributed by atoms with van der Waals surface area (Å²) < 4.78 is 6.75. The minimum atomic E-state index is -0.744. The normalized spacial score (nSPS) is 20.0. The highest BCUT2D eigenvalue weighted by atomic mass is 79.9. The molecule has 2 aromatic rings. The molecule has 208 valence electrons. The Morgan fingerprint density at radius 2 is 1.38 bits per heavy atom. The third-order valence-electron chi connectivity index (χ3n) is 7.57. The standard InChI is InChI=1S/C29H28BrN3O7/c1-28(2)11-18-26(21(34)13-28)25(27-19(31-18)12-29(3,4)14-22(27)35)17-9-15(30)5-7-23(17)40-24-8-6-16(32(36)37)10-20(24)33(38)39/h5-10,25,31H,11-14H2,1-4H3. The maximum Gasteiger partial charge on any atom is 0.318 e. The highest BCUT2D eigenvalue weighted by Crippen LogP contribution is 2.53. The second-order valence-electron chi connectivity index (χ2n) is 12.2. The van der Waals surface area contributed by atoms with Crippen LogP contribution in [0.5, 0.6) is 11.5 Å². The first kappa shape index (κ1) is 27.7. The Bertz CT molecular complexity index is 1520. The van der Waals surface area contributed by atoms with Crippen molar-refractivity contribution >= 4 is 38.9 Å². The van der Waals surface area contributed by atoms with Gasteiger partial charge in [0.1, 0.15) is 5.75 Å². The van der Waals surface area contributed by atoms with Crippen molar-refractivity contribution in [3.05, 3.63) is 89.2 Å². The third kappa shape index (κ3) is 5.05. The number of nitrogens with zero attached hydrogens (tertiary/aromatic N) is 2. The average Bonchev–Trinajstić information content (AvgIpc) is 2.82. The third-order valence-corrected chi connectivity index (χ3v) is 8.07. The lowest BCUT2D eigenvalue weighted by molar-refractivity contribution is -0.394. The van der Waals surface area contributed by atoms with Crippen LogP contribution >= 0.6 is 15.9 Å². The van der Waals surface area contributed by atoms with Crippen molar-refractivity contribution in [2.45, 2.75) is 59.3 Å². The summed E-state index contributed by atoms with van der Waals surface area (Å²) in [4.78, 5) is 49.0. The number of nitrogens with one attached hydrogen (secondary N) is 1. The number of nitro groups is 2. The lowest BCUT2D eigenvalue weighted by Gasteiger charge is -2.44. The molecule has 2 aliphatic carbocycles. The van der Waals surface area contributed by atoms with E-state index in [9.17, 15) is 29.8 Å². The van der Waals surface area contributed by atoms with Crippen LogP contribution in [0.25, 0.3) is 0 Å². The van der Waals surface area contributed by atoms with Crippen molar-refractivity contribution in [2.24, 2.45) is 10.8 Å². The van der Waals surface area contributed by atoms with Crippen molar-refractivity contribution in [3.8, 4) is 11.5 Å². The molecule has 0 saturated heterocycles. The second kappa shape index (κ2) is 9.65. The predicted octanol–water partition coefficient (Wildman–Crippen LogP) is 7.03. The van der Waals surface area contributed by atoms with Gasteiger partial charge in [0.2, 0.25) is 5.75 Å². The number of carbonyl (C=O) groups excluding carboxylic acids is 2. The number of allylic oxidation sites excluding steroid dienone is 4. The van der Waals surface area contributed by atoms with Crippen LogP contribution in [0.4, 0.5) is 11.4 Å². The van der Waals surface area contributed by atoms with E-state index in [1.54, 1.807) is 18.2 Å². The molecule has 40 heavy (non-hydrogen) atoms. The second-order valence-corrected chi connectivity index (χ2v) is 13.1. The molecule has 5 rings (SSSR count). The molecular weight excluding hydrogens is 582 g/mol. The van der Waals surface area contributed by atoms with E-state index in [1.807, 2.05) is 27.7 Å². The molecule has 1 heterocycles. The summed E-state index contributed by atoms with van der Waals surface area (Å²) in [5, 5.41) is 26.5. The van der Waals surface area contributed by atoms with Gasteiger partial charge in [-0.3, -0.25) is 29.8 Å². The number of ether oxygens (including phenoxy) is 1. The fourth-order valence-corrected chi connectivity index (χ4v) is 6.38. The van der Waals surface area contributed by atoms with Gasteiger partial charge in [0.05, 0.1) is 15.9 Å². The largest absolute Gasteiger partial charge is 0.450 e. The van der Waals surface area contributed by atoms with Crippen molar-refractivity contribution < 1.29 is 24.2 Å². The van der Waals surface area contributed by atoms with Crippen LogP contribution in [0.1, 0.15) is 64.9 Å². The van der Waals surface area contributed by atoms with E-state index < -0.39 is 27.1 Å². The lowest BCUT2D eigenvalue weighted by atomic mass is 9.64. The molecule has 3 aliphatic rings. The number of nitro benzene ring substituents is 2. The molecule has 11 heteroatoms. The van der Waals surface area contributed by atoms with Gasteiger partial charge in [0.25, 0.3) is 5.69 Å². The molecule has 0 amide bonds. The minimum absolute atomic E-state index is 0.0693. The van der Waals surface area contributed by atoms with Gasteiger partial charge in [-0.25, -0.2) is 0 Å². The number of carbonyl (C=O) groups is 2. The Kier molecular flexibility index (Phi) is 6.68. The zero-order chi connectivity index (χ0) is 29.1. The molecule has 10 nitrogen and oxygen atoms in total. The number of halogens is 1. The first-order chi connectivity index (χ1) is 18.7. The summed E-state index contributed by atoms with van der Waals surface area (Å²) >= 11 is 3.50. The van der Waals surface area contributed by atoms with E-state index >= 15 is 0 Å². The molecule has 0 fully saturated rings. The van der Waals surface area contributed by atoms with Crippen LogP contribution < -0.4 is 10.1 Å². The van der Waals surface area contributed by atoms with Crippen molar-refractivity contribution in [1.82, 2.24) is 5.32 Å². The fraction of sp³-hybridized carbons (Fsp3) is 0.379. The van der Waals surface area contributed by atoms with E-state index in [2.05, 4.69) is 21.2 Å². The van der Waals surface area contributed by atoms with Crippen LogP contribution in [0.2, 0.25) is 0 Å². The molecule has 0 unspecified atom stereocenters. The van der Waals surface area contributed by atoms with Crippen molar-refractivity contribution in [2.75, 3.05) is 0 Å². The molecule has 0 saturated carbocycles. The first-order valence-electron chi connectivity index (χ1n) is 12.9. The Balaban J connectivity index is 1.71. The van der Waals surface area contributed by atoms with E-state index in [0.29, 0.717) is 46.9 Å². The number of Topliss-reactive ketones (excluding diaryl/α,β-unsaturated/α-hetero) is 2. The topological polar surface area (TPSA) is 142 Å². The van der Waals surface area contributed by atoms with Gasteiger partial charge in [0, 0.05) is 57.4 Å². The average molecular weight is 610 g/mol. The summed E-state index contributed by atoms with van der Waals surface area (Å²) in [7, 11) is 0. The molecule has 1 N–H and O–H groups in total. The number of rotatable bonds is 5. The van der Waals surface area contributed by atoms with Gasteiger partial charge < -0.3 is 10.1 Å². The van der Waals surface area contributed by atoms with Gasteiger partial charge in [-0.2, -0.15) is 0 Å². The van der Waals surface area contributed by atoms with E-state index in [1.165, 1.54) is 6.07 Å². The molecule has 0 atom stereocenters. The van der Waals surface area contributed by atoms with Gasteiger partial charge in [-0.15, -0.1) is 0 Å². The number of dihydropyridines is 1. The van der Waals surface area contributed by atoms with Crippen LogP contribution in [0.3, 0.4) is 0 Å². The summed E-state index contributed by atoms with van der Waals surface area (Å²) in [5.41, 5.74) is 1.53. The highest BCUT2D eigenvalue weighted by molar-refractivity contribution is 9.10. The Morgan fingerprint density at radius 1 is 0.825 bits per heavy atom. The predicted molar refractivity (Wildman–Crippen MR) is 150 cm³/mol. The molecule has 0 aromatic heterocycles. The molecule has 1 aliphatic heterocycles. The van der Waals surface area contributed by atoms with Gasteiger partial charge >= 0.3 is 5.69 Å². The Morgan fingerprint density at radius 3 is 1.90 bits per heavy atom. The zero-order valence-electron chi connectivity index (χ0n) is 22.5. The summed E-state index contributed by atoms with van der Waals surface area (Å²) in [6.07, 6.45) is 1.86. The van der Waals surface area contributed by atoms with Crippen LogP contribution in [0.15, 0.2) is 63.4 Å². The van der Waals surface area contributed by atoms with Crippen LogP contribution in [-0.4, -0.2) is 21.4 Å². The summed E-state index contributed by atoms with van der Waals surface area (Å²) in [5.74, 6) is -0.854. The number of ketones is 2. The Labute approximate surface area is 238 Å². The van der Waals surface area contributed by atoms with E-state index in [4.69, 9.17) is 4.74 Å². The smallest absolute Gasteiger partial charge is 0.318 e. The van der Waals surface area contributed by atoms with Crippen LogP contribution in [-0.2, 0) is 9.59 Å².